The normalized spacial score (nSPS) is 11.0. The molecule has 5 aromatic carbocycles. The predicted molar refractivity (Wildman–Crippen MR) is 167 cm³/mol. The van der Waals surface area contributed by atoms with E-state index in [0.29, 0.717) is 12.2 Å². The molecule has 200 valence electrons. The number of nitrogens with zero attached hydrogens (tertiary/aromatic N) is 2. The predicted octanol–water partition coefficient (Wildman–Crippen LogP) is 8.05. The molecule has 0 aliphatic heterocycles. The molecule has 2 N–H and O–H groups in total. The van der Waals surface area contributed by atoms with Crippen molar-refractivity contribution >= 4 is 45.0 Å². The molecule has 0 bridgehead atoms. The Hall–Kier alpha value is -5.27. The molecule has 6 aromatic rings. The number of fused-ring (bicyclic) bond motifs is 1. The molecular weight excluding hydrogens is 528 g/mol. The largest absolute Gasteiger partial charge is 0.489 e. The molecule has 7 heteroatoms. The topological polar surface area (TPSA) is 75.6 Å². The summed E-state index contributed by atoms with van der Waals surface area (Å²) in [5, 5.41) is 12.6. The molecule has 1 heterocycles. The van der Waals surface area contributed by atoms with Crippen molar-refractivity contribution in [3.05, 3.63) is 143 Å². The minimum absolute atomic E-state index is 0.285. The van der Waals surface area contributed by atoms with Gasteiger partial charge in [0, 0.05) is 22.2 Å². The lowest BCUT2D eigenvalue weighted by Gasteiger charge is -2.09. The Morgan fingerprint density at radius 1 is 0.829 bits per heavy atom. The number of nitrogens with one attached hydrogen (secondary N) is 2. The number of hydrazone groups is 1. The minimum Gasteiger partial charge on any atom is -0.489 e. The van der Waals surface area contributed by atoms with Crippen molar-refractivity contribution in [1.82, 2.24) is 10.4 Å². The smallest absolute Gasteiger partial charge is 0.271 e. The Labute approximate surface area is 242 Å². The van der Waals surface area contributed by atoms with Gasteiger partial charge in [0.1, 0.15) is 12.4 Å². The first-order chi connectivity index (χ1) is 20.2. The van der Waals surface area contributed by atoms with Gasteiger partial charge in [0.05, 0.1) is 11.9 Å². The minimum atomic E-state index is -0.285. The van der Waals surface area contributed by atoms with E-state index in [1.54, 1.807) is 18.3 Å². The summed E-state index contributed by atoms with van der Waals surface area (Å²) in [5.74, 6) is 0.481. The summed E-state index contributed by atoms with van der Waals surface area (Å²) < 4.78 is 6.00. The van der Waals surface area contributed by atoms with Crippen LogP contribution in [0.3, 0.4) is 0 Å². The zero-order valence-electron chi connectivity index (χ0n) is 22.0. The van der Waals surface area contributed by atoms with Crippen LogP contribution in [-0.2, 0) is 6.61 Å². The molecule has 6 nitrogen and oxygen atoms in total. The van der Waals surface area contributed by atoms with Crippen LogP contribution in [0.15, 0.2) is 132 Å². The van der Waals surface area contributed by atoms with E-state index in [9.17, 15) is 4.79 Å². The molecule has 0 fully saturated rings. The maximum atomic E-state index is 12.6. The zero-order valence-corrected chi connectivity index (χ0v) is 22.8. The van der Waals surface area contributed by atoms with Gasteiger partial charge >= 0.3 is 0 Å². The van der Waals surface area contributed by atoms with Crippen LogP contribution in [0.25, 0.3) is 22.0 Å². The number of amides is 1. The summed E-state index contributed by atoms with van der Waals surface area (Å²) in [6, 6.07) is 39.3. The summed E-state index contributed by atoms with van der Waals surface area (Å²) in [5.41, 5.74) is 7.87. The van der Waals surface area contributed by atoms with Gasteiger partial charge in [-0.2, -0.15) is 5.10 Å². The van der Waals surface area contributed by atoms with Crippen molar-refractivity contribution in [2.75, 3.05) is 5.32 Å². The van der Waals surface area contributed by atoms with Crippen molar-refractivity contribution in [2.24, 2.45) is 5.10 Å². The Balaban J connectivity index is 1.01. The molecule has 0 aliphatic carbocycles. The number of anilines is 2. The number of aromatic nitrogens is 1. The van der Waals surface area contributed by atoms with E-state index in [1.807, 2.05) is 90.3 Å². The van der Waals surface area contributed by atoms with Crippen LogP contribution in [0.1, 0.15) is 21.5 Å². The highest BCUT2D eigenvalue weighted by Gasteiger charge is 2.08. The number of carbonyl (C=O) groups excluding carboxylic acids is 1. The third-order valence-electron chi connectivity index (χ3n) is 6.51. The average molecular weight is 555 g/mol. The van der Waals surface area contributed by atoms with Crippen LogP contribution in [0.5, 0.6) is 5.75 Å². The number of rotatable bonds is 9. The fraction of sp³-hybridized carbons (Fsp3) is 0.0294. The van der Waals surface area contributed by atoms with E-state index in [4.69, 9.17) is 4.74 Å². The summed E-state index contributed by atoms with van der Waals surface area (Å²) >= 11 is 1.53. The van der Waals surface area contributed by atoms with Gasteiger partial charge in [0.15, 0.2) is 5.13 Å². The van der Waals surface area contributed by atoms with Crippen molar-refractivity contribution in [3.8, 4) is 17.0 Å². The maximum Gasteiger partial charge on any atom is 0.271 e. The second-order valence-corrected chi connectivity index (χ2v) is 10.2. The van der Waals surface area contributed by atoms with E-state index < -0.39 is 0 Å². The van der Waals surface area contributed by atoms with E-state index >= 15 is 0 Å². The second kappa shape index (κ2) is 12.3. The number of hydrogen-bond donors (Lipinski definition) is 2. The van der Waals surface area contributed by atoms with Crippen LogP contribution >= 0.6 is 11.3 Å². The van der Waals surface area contributed by atoms with Crippen molar-refractivity contribution in [3.63, 3.8) is 0 Å². The van der Waals surface area contributed by atoms with Crippen molar-refractivity contribution in [2.45, 2.75) is 6.61 Å². The SMILES string of the molecule is O=C(N/N=C\c1ccc(OCc2cccc3ccccc23)cc1)c1ccc(-c2csc(Nc3ccccc3)n2)cc1. The summed E-state index contributed by atoms with van der Waals surface area (Å²) in [6.07, 6.45) is 1.61. The monoisotopic (exact) mass is 554 g/mol. The number of carbonyl (C=O) groups is 1. The lowest BCUT2D eigenvalue weighted by molar-refractivity contribution is 0.0955. The first kappa shape index (κ1) is 26.0. The average Bonchev–Trinajstić information content (AvgIpc) is 3.49. The van der Waals surface area contributed by atoms with Gasteiger partial charge in [-0.3, -0.25) is 4.79 Å². The van der Waals surface area contributed by atoms with Crippen LogP contribution in [0, 0.1) is 0 Å². The summed E-state index contributed by atoms with van der Waals surface area (Å²) in [4.78, 5) is 17.2. The standard InChI is InChI=1S/C34H26N4O2S/c39-33(27-17-15-26(16-18-27)32-23-41-34(37-32)36-29-10-2-1-3-11-29)38-35-21-24-13-19-30(20-14-24)40-22-28-9-6-8-25-7-4-5-12-31(25)28/h1-21,23H,22H2,(H,36,37)(H,38,39)/b35-21-. The highest BCUT2D eigenvalue weighted by molar-refractivity contribution is 7.14. The lowest BCUT2D eigenvalue weighted by Crippen LogP contribution is -2.17. The highest BCUT2D eigenvalue weighted by Crippen LogP contribution is 2.27. The van der Waals surface area contributed by atoms with E-state index in [1.165, 1.54) is 22.1 Å². The molecule has 0 aliphatic rings. The number of thiazole rings is 1. The van der Waals surface area contributed by atoms with Gasteiger partial charge in [-0.05, 0) is 70.4 Å². The van der Waals surface area contributed by atoms with E-state index in [-0.39, 0.29) is 5.91 Å². The quantitative estimate of drug-likeness (QED) is 0.140. The number of hydrogen-bond acceptors (Lipinski definition) is 6. The third-order valence-corrected chi connectivity index (χ3v) is 7.26. The van der Waals surface area contributed by atoms with Crippen molar-refractivity contribution in [1.29, 1.82) is 0 Å². The van der Waals surface area contributed by atoms with Gasteiger partial charge in [-0.1, -0.05) is 72.8 Å². The molecule has 6 rings (SSSR count). The van der Waals surface area contributed by atoms with E-state index in [0.717, 1.165) is 39.0 Å². The summed E-state index contributed by atoms with van der Waals surface area (Å²) in [6.45, 7) is 0.484. The van der Waals surface area contributed by atoms with Crippen LogP contribution < -0.4 is 15.5 Å². The number of benzene rings is 5. The molecule has 0 saturated carbocycles. The molecular formula is C34H26N4O2S. The molecule has 0 atom stereocenters. The molecule has 41 heavy (non-hydrogen) atoms. The number of ether oxygens (including phenoxy) is 1. The fourth-order valence-electron chi connectivity index (χ4n) is 4.36. The maximum absolute atomic E-state index is 12.6. The van der Waals surface area contributed by atoms with Crippen LogP contribution in [0.2, 0.25) is 0 Å². The number of para-hydroxylation sites is 1. The molecule has 1 aromatic heterocycles. The molecule has 1 amide bonds. The van der Waals surface area contributed by atoms with Gasteiger partial charge in [0.2, 0.25) is 0 Å². The second-order valence-electron chi connectivity index (χ2n) is 9.30. The first-order valence-corrected chi connectivity index (χ1v) is 14.0. The van der Waals surface area contributed by atoms with Gasteiger partial charge in [-0.25, -0.2) is 10.4 Å². The molecule has 0 radical (unpaired) electrons. The zero-order chi connectivity index (χ0) is 27.9. The van der Waals surface area contributed by atoms with Crippen LogP contribution in [-0.4, -0.2) is 17.1 Å². The fourth-order valence-corrected chi connectivity index (χ4v) is 5.10. The Kier molecular flexibility index (Phi) is 7.78. The van der Waals surface area contributed by atoms with Crippen molar-refractivity contribution < 1.29 is 9.53 Å². The van der Waals surface area contributed by atoms with Gasteiger partial charge in [0.25, 0.3) is 5.91 Å². The third kappa shape index (κ3) is 6.49. The molecule has 0 spiro atoms. The lowest BCUT2D eigenvalue weighted by atomic mass is 10.1. The molecule has 0 unspecified atom stereocenters. The first-order valence-electron chi connectivity index (χ1n) is 13.1. The Bertz CT molecular complexity index is 1790. The molecule has 0 saturated heterocycles. The Morgan fingerprint density at radius 3 is 2.41 bits per heavy atom. The van der Waals surface area contributed by atoms with Gasteiger partial charge < -0.3 is 10.1 Å². The summed E-state index contributed by atoms with van der Waals surface area (Å²) in [7, 11) is 0. The van der Waals surface area contributed by atoms with E-state index in [2.05, 4.69) is 45.1 Å². The Morgan fingerprint density at radius 2 is 1.59 bits per heavy atom. The van der Waals surface area contributed by atoms with Crippen LogP contribution in [0.4, 0.5) is 10.8 Å². The highest BCUT2D eigenvalue weighted by atomic mass is 32.1. The van der Waals surface area contributed by atoms with Gasteiger partial charge in [-0.15, -0.1) is 11.3 Å².